The Morgan fingerprint density at radius 1 is 1.00 bits per heavy atom. The predicted octanol–water partition coefficient (Wildman–Crippen LogP) is 3.00. The van der Waals surface area contributed by atoms with E-state index >= 15 is 0 Å². The molecule has 0 N–H and O–H groups in total. The maximum atomic E-state index is 13.4. The van der Waals surface area contributed by atoms with Gasteiger partial charge in [-0.05, 0) is 36.4 Å². The van der Waals surface area contributed by atoms with E-state index in [1.165, 1.54) is 16.6 Å². The van der Waals surface area contributed by atoms with E-state index in [-0.39, 0.29) is 5.82 Å². The molecule has 0 radical (unpaired) electrons. The van der Waals surface area contributed by atoms with Gasteiger partial charge in [0, 0.05) is 11.1 Å². The molecule has 0 unspecified atom stereocenters. The Hall–Kier alpha value is -3.35. The lowest BCUT2D eigenvalue weighted by Crippen LogP contribution is -1.98. The first kappa shape index (κ1) is 14.3. The molecule has 4 aromatic rings. The standard InChI is InChI=1S/C17H12FN5O/c1-24-14-7-5-11(6-8-14)15-10-19-23-16(21-22-17(23)20-15)12-3-2-4-13(18)9-12/h2-10H,1H3. The summed E-state index contributed by atoms with van der Waals surface area (Å²) in [5.41, 5.74) is 2.15. The Morgan fingerprint density at radius 3 is 2.58 bits per heavy atom. The quantitative estimate of drug-likeness (QED) is 0.580. The van der Waals surface area contributed by atoms with Gasteiger partial charge in [-0.15, -0.1) is 10.2 Å². The third kappa shape index (κ3) is 2.45. The molecule has 0 saturated heterocycles. The minimum Gasteiger partial charge on any atom is -0.497 e. The van der Waals surface area contributed by atoms with Gasteiger partial charge in [0.2, 0.25) is 0 Å². The van der Waals surface area contributed by atoms with Crippen LogP contribution in [0.15, 0.2) is 54.7 Å². The topological polar surface area (TPSA) is 65.2 Å². The second-order valence-corrected chi connectivity index (χ2v) is 5.12. The summed E-state index contributed by atoms with van der Waals surface area (Å²) in [6.45, 7) is 0. The summed E-state index contributed by atoms with van der Waals surface area (Å²) in [6.07, 6.45) is 1.63. The molecule has 6 nitrogen and oxygen atoms in total. The van der Waals surface area contributed by atoms with Crippen molar-refractivity contribution in [3.8, 4) is 28.4 Å². The number of nitrogens with zero attached hydrogens (tertiary/aromatic N) is 5. The zero-order chi connectivity index (χ0) is 16.5. The van der Waals surface area contributed by atoms with E-state index in [1.54, 1.807) is 25.4 Å². The van der Waals surface area contributed by atoms with Gasteiger partial charge in [0.25, 0.3) is 5.78 Å². The van der Waals surface area contributed by atoms with E-state index in [0.29, 0.717) is 22.9 Å². The second-order valence-electron chi connectivity index (χ2n) is 5.12. The van der Waals surface area contributed by atoms with Gasteiger partial charge in [-0.1, -0.05) is 12.1 Å². The molecule has 2 aromatic carbocycles. The Morgan fingerprint density at radius 2 is 1.83 bits per heavy atom. The van der Waals surface area contributed by atoms with Gasteiger partial charge in [0.1, 0.15) is 11.6 Å². The fourth-order valence-corrected chi connectivity index (χ4v) is 2.41. The number of ether oxygens (including phenoxy) is 1. The molecule has 0 aliphatic rings. The first-order chi connectivity index (χ1) is 11.7. The van der Waals surface area contributed by atoms with Crippen LogP contribution in [0.4, 0.5) is 4.39 Å². The highest BCUT2D eigenvalue weighted by molar-refractivity contribution is 5.62. The van der Waals surface area contributed by atoms with E-state index in [1.807, 2.05) is 24.3 Å². The van der Waals surface area contributed by atoms with E-state index in [4.69, 9.17) is 4.74 Å². The Labute approximate surface area is 136 Å². The maximum Gasteiger partial charge on any atom is 0.272 e. The number of rotatable bonds is 3. The lowest BCUT2D eigenvalue weighted by molar-refractivity contribution is 0.415. The molecule has 2 heterocycles. The zero-order valence-electron chi connectivity index (χ0n) is 12.7. The number of hydrogen-bond acceptors (Lipinski definition) is 5. The van der Waals surface area contributed by atoms with Crippen LogP contribution in [0, 0.1) is 5.82 Å². The highest BCUT2D eigenvalue weighted by Gasteiger charge is 2.12. The van der Waals surface area contributed by atoms with Crippen molar-refractivity contribution in [1.29, 1.82) is 0 Å². The number of fused-ring (bicyclic) bond motifs is 1. The largest absolute Gasteiger partial charge is 0.497 e. The predicted molar refractivity (Wildman–Crippen MR) is 86.0 cm³/mol. The molecule has 2 aromatic heterocycles. The third-order valence-electron chi connectivity index (χ3n) is 3.61. The van der Waals surface area contributed by atoms with Crippen LogP contribution in [0.1, 0.15) is 0 Å². The lowest BCUT2D eigenvalue weighted by Gasteiger charge is -2.03. The molecule has 24 heavy (non-hydrogen) atoms. The zero-order valence-corrected chi connectivity index (χ0v) is 12.7. The van der Waals surface area contributed by atoms with Crippen LogP contribution in [-0.4, -0.2) is 31.9 Å². The molecule has 0 saturated carbocycles. The van der Waals surface area contributed by atoms with Crippen molar-refractivity contribution in [2.45, 2.75) is 0 Å². The smallest absolute Gasteiger partial charge is 0.272 e. The number of aromatic nitrogens is 5. The number of methoxy groups -OCH3 is 1. The van der Waals surface area contributed by atoms with Crippen molar-refractivity contribution in [3.05, 3.63) is 60.5 Å². The fraction of sp³-hybridized carbons (Fsp3) is 0.0588. The summed E-state index contributed by atoms with van der Waals surface area (Å²) in [5, 5.41) is 12.4. The molecular weight excluding hydrogens is 309 g/mol. The number of benzene rings is 2. The summed E-state index contributed by atoms with van der Waals surface area (Å²) in [5.74, 6) is 1.22. The molecular formula is C17H12FN5O. The van der Waals surface area contributed by atoms with E-state index in [0.717, 1.165) is 11.3 Å². The Kier molecular flexibility index (Phi) is 3.38. The SMILES string of the molecule is COc1ccc(-c2cnn3c(-c4cccc(F)c4)nnc3n2)cc1. The Bertz CT molecular complexity index is 1010. The van der Waals surface area contributed by atoms with Gasteiger partial charge in [-0.3, -0.25) is 0 Å². The normalized spacial score (nSPS) is 10.9. The van der Waals surface area contributed by atoms with Crippen molar-refractivity contribution in [3.63, 3.8) is 0 Å². The molecule has 4 rings (SSSR count). The van der Waals surface area contributed by atoms with Crippen molar-refractivity contribution in [2.75, 3.05) is 7.11 Å². The van der Waals surface area contributed by atoms with Gasteiger partial charge in [0.05, 0.1) is 19.0 Å². The van der Waals surface area contributed by atoms with E-state index < -0.39 is 0 Å². The van der Waals surface area contributed by atoms with Crippen LogP contribution in [0.5, 0.6) is 5.75 Å². The summed E-state index contributed by atoms with van der Waals surface area (Å²) in [6, 6.07) is 13.6. The van der Waals surface area contributed by atoms with Crippen molar-refractivity contribution < 1.29 is 9.13 Å². The van der Waals surface area contributed by atoms with Crippen molar-refractivity contribution in [2.24, 2.45) is 0 Å². The van der Waals surface area contributed by atoms with Crippen LogP contribution in [0.25, 0.3) is 28.4 Å². The number of hydrogen-bond donors (Lipinski definition) is 0. The molecule has 7 heteroatoms. The van der Waals surface area contributed by atoms with Gasteiger partial charge < -0.3 is 4.74 Å². The maximum absolute atomic E-state index is 13.4. The second kappa shape index (κ2) is 5.69. The van der Waals surface area contributed by atoms with Crippen LogP contribution < -0.4 is 4.74 Å². The van der Waals surface area contributed by atoms with Crippen LogP contribution >= 0.6 is 0 Å². The molecule has 0 aliphatic heterocycles. The molecule has 0 bridgehead atoms. The molecule has 0 spiro atoms. The molecule has 118 valence electrons. The van der Waals surface area contributed by atoms with Gasteiger partial charge >= 0.3 is 0 Å². The minimum atomic E-state index is -0.341. The number of halogens is 1. The summed E-state index contributed by atoms with van der Waals surface area (Å²) < 4.78 is 20.0. The van der Waals surface area contributed by atoms with Gasteiger partial charge in [-0.2, -0.15) is 9.61 Å². The first-order valence-electron chi connectivity index (χ1n) is 7.23. The molecule has 0 atom stereocenters. The highest BCUT2D eigenvalue weighted by Crippen LogP contribution is 2.22. The molecule has 0 aliphatic carbocycles. The average Bonchev–Trinajstić information content (AvgIpc) is 3.05. The summed E-state index contributed by atoms with van der Waals surface area (Å²) in [7, 11) is 1.62. The highest BCUT2D eigenvalue weighted by atomic mass is 19.1. The average molecular weight is 321 g/mol. The van der Waals surface area contributed by atoms with Gasteiger partial charge in [-0.25, -0.2) is 9.37 Å². The van der Waals surface area contributed by atoms with Crippen molar-refractivity contribution in [1.82, 2.24) is 24.8 Å². The van der Waals surface area contributed by atoms with Crippen molar-refractivity contribution >= 4 is 5.78 Å². The Balaban J connectivity index is 1.77. The van der Waals surface area contributed by atoms with Crippen LogP contribution in [0.3, 0.4) is 0 Å². The minimum absolute atomic E-state index is 0.341. The monoisotopic (exact) mass is 321 g/mol. The molecule has 0 fully saturated rings. The third-order valence-corrected chi connectivity index (χ3v) is 3.61. The van der Waals surface area contributed by atoms with Crippen LogP contribution in [-0.2, 0) is 0 Å². The lowest BCUT2D eigenvalue weighted by atomic mass is 10.1. The van der Waals surface area contributed by atoms with E-state index in [9.17, 15) is 4.39 Å². The van der Waals surface area contributed by atoms with Gasteiger partial charge in [0.15, 0.2) is 5.82 Å². The summed E-state index contributed by atoms with van der Waals surface area (Å²) in [4.78, 5) is 4.46. The van der Waals surface area contributed by atoms with Crippen LogP contribution in [0.2, 0.25) is 0 Å². The van der Waals surface area contributed by atoms with E-state index in [2.05, 4.69) is 20.3 Å². The molecule has 0 amide bonds. The first-order valence-corrected chi connectivity index (χ1v) is 7.23. The summed E-state index contributed by atoms with van der Waals surface area (Å²) >= 11 is 0. The fourth-order valence-electron chi connectivity index (χ4n) is 2.41.